The number of allylic oxidation sites excluding steroid dienone is 1. The maximum Gasteiger partial charge on any atom is 0.253 e. The summed E-state index contributed by atoms with van der Waals surface area (Å²) >= 11 is 0. The zero-order chi connectivity index (χ0) is 12.7. The van der Waals surface area contributed by atoms with Crippen molar-refractivity contribution in [3.05, 3.63) is 12.2 Å². The van der Waals surface area contributed by atoms with Crippen molar-refractivity contribution in [2.45, 2.75) is 26.8 Å². The summed E-state index contributed by atoms with van der Waals surface area (Å²) in [4.78, 5) is 34.9. The number of imide groups is 1. The van der Waals surface area contributed by atoms with Gasteiger partial charge in [0.1, 0.15) is 6.04 Å². The van der Waals surface area contributed by atoms with Crippen LogP contribution in [0.4, 0.5) is 0 Å². The van der Waals surface area contributed by atoms with Crippen LogP contribution in [0.5, 0.6) is 0 Å². The monoisotopic (exact) mass is 226 g/mol. The summed E-state index contributed by atoms with van der Waals surface area (Å²) in [7, 11) is 0. The fourth-order valence-corrected chi connectivity index (χ4v) is 1.26. The number of amides is 2. The Hall–Kier alpha value is -1.49. The zero-order valence-electron chi connectivity index (χ0n) is 9.84. The lowest BCUT2D eigenvalue weighted by Crippen LogP contribution is -2.49. The molecule has 0 aromatic carbocycles. The fourth-order valence-electron chi connectivity index (χ4n) is 1.26. The van der Waals surface area contributed by atoms with Gasteiger partial charge < -0.3 is 5.73 Å². The fraction of sp³-hybridized carbons (Fsp3) is 0.545. The van der Waals surface area contributed by atoms with Crippen LogP contribution < -0.4 is 5.73 Å². The van der Waals surface area contributed by atoms with Gasteiger partial charge in [-0.25, -0.2) is 0 Å². The third kappa shape index (κ3) is 3.58. The first-order valence-electron chi connectivity index (χ1n) is 5.13. The van der Waals surface area contributed by atoms with E-state index in [1.165, 1.54) is 12.2 Å². The summed E-state index contributed by atoms with van der Waals surface area (Å²) in [5, 5.41) is 0. The molecule has 0 rings (SSSR count). The van der Waals surface area contributed by atoms with Gasteiger partial charge in [-0.1, -0.05) is 19.9 Å². The maximum absolute atomic E-state index is 11.7. The highest BCUT2D eigenvalue weighted by Crippen LogP contribution is 2.06. The molecule has 0 saturated carbocycles. The van der Waals surface area contributed by atoms with Crippen LogP contribution in [0.1, 0.15) is 20.8 Å². The first-order chi connectivity index (χ1) is 7.49. The van der Waals surface area contributed by atoms with Crippen molar-refractivity contribution in [3.8, 4) is 0 Å². The molecule has 1 unspecified atom stereocenters. The van der Waals surface area contributed by atoms with Gasteiger partial charge in [0.05, 0.1) is 0 Å². The number of nitrogens with two attached hydrogens (primary N) is 1. The van der Waals surface area contributed by atoms with E-state index in [1.54, 1.807) is 20.8 Å². The zero-order valence-corrected chi connectivity index (χ0v) is 9.84. The van der Waals surface area contributed by atoms with Gasteiger partial charge in [0, 0.05) is 12.5 Å². The van der Waals surface area contributed by atoms with E-state index >= 15 is 0 Å². The van der Waals surface area contributed by atoms with E-state index in [9.17, 15) is 14.4 Å². The minimum Gasteiger partial charge on any atom is -0.328 e. The molecule has 16 heavy (non-hydrogen) atoms. The summed E-state index contributed by atoms with van der Waals surface area (Å²) in [5.74, 6) is -1.01. The molecule has 0 aromatic heterocycles. The Balaban J connectivity index is 4.96. The standard InChI is InChI=1S/C11H18N2O3/c1-4-5-10(15)13(7-14)9(6-12)11(16)8(2)3/h4-5,7-9H,6,12H2,1-3H3/b5-4-. The van der Waals surface area contributed by atoms with Gasteiger partial charge in [0.25, 0.3) is 5.91 Å². The Morgan fingerprint density at radius 1 is 1.38 bits per heavy atom. The second-order valence-corrected chi connectivity index (χ2v) is 3.66. The van der Waals surface area contributed by atoms with Crippen molar-refractivity contribution in [1.29, 1.82) is 0 Å². The number of hydrogen-bond donors (Lipinski definition) is 1. The third-order valence-corrected chi connectivity index (χ3v) is 2.13. The Kier molecular flexibility index (Phi) is 6.25. The van der Waals surface area contributed by atoms with E-state index in [2.05, 4.69) is 0 Å². The number of nitrogens with zero attached hydrogens (tertiary/aromatic N) is 1. The lowest BCUT2D eigenvalue weighted by molar-refractivity contribution is -0.143. The predicted octanol–water partition coefficient (Wildman–Crippen LogP) is 0.0999. The molecule has 0 aromatic rings. The molecule has 0 aliphatic carbocycles. The van der Waals surface area contributed by atoms with Gasteiger partial charge in [-0.2, -0.15) is 0 Å². The maximum atomic E-state index is 11.7. The van der Waals surface area contributed by atoms with Crippen molar-refractivity contribution < 1.29 is 14.4 Å². The Labute approximate surface area is 95.3 Å². The lowest BCUT2D eigenvalue weighted by Gasteiger charge is -2.24. The van der Waals surface area contributed by atoms with Gasteiger partial charge in [-0.3, -0.25) is 19.3 Å². The quantitative estimate of drug-likeness (QED) is 0.514. The minimum absolute atomic E-state index is 0.0565. The molecule has 0 radical (unpaired) electrons. The number of carbonyl (C=O) groups is 3. The first-order valence-corrected chi connectivity index (χ1v) is 5.13. The largest absolute Gasteiger partial charge is 0.328 e. The second-order valence-electron chi connectivity index (χ2n) is 3.66. The molecular formula is C11H18N2O3. The lowest BCUT2D eigenvalue weighted by atomic mass is 10.0. The van der Waals surface area contributed by atoms with E-state index in [1.807, 2.05) is 0 Å². The SMILES string of the molecule is C/C=C\C(=O)N(C=O)C(CN)C(=O)C(C)C. The molecule has 5 nitrogen and oxygen atoms in total. The number of carbonyl (C=O) groups excluding carboxylic acids is 3. The summed E-state index contributed by atoms with van der Waals surface area (Å²) in [5.41, 5.74) is 5.42. The first kappa shape index (κ1) is 14.5. The smallest absolute Gasteiger partial charge is 0.253 e. The molecule has 90 valence electrons. The Bertz CT molecular complexity index is 298. The van der Waals surface area contributed by atoms with E-state index < -0.39 is 11.9 Å². The summed E-state index contributed by atoms with van der Waals surface area (Å²) in [6.45, 7) is 5.00. The molecule has 0 aliphatic rings. The molecule has 0 spiro atoms. The third-order valence-electron chi connectivity index (χ3n) is 2.13. The molecule has 0 aliphatic heterocycles. The van der Waals surface area contributed by atoms with E-state index in [-0.39, 0.29) is 18.2 Å². The number of rotatable bonds is 6. The van der Waals surface area contributed by atoms with Crippen molar-refractivity contribution in [2.24, 2.45) is 11.7 Å². The van der Waals surface area contributed by atoms with Crippen LogP contribution in [-0.2, 0) is 14.4 Å². The normalized spacial score (nSPS) is 12.8. The highest BCUT2D eigenvalue weighted by molar-refractivity contribution is 6.00. The molecule has 0 saturated heterocycles. The molecular weight excluding hydrogens is 208 g/mol. The van der Waals surface area contributed by atoms with Crippen LogP contribution in [0.25, 0.3) is 0 Å². The average molecular weight is 226 g/mol. The Morgan fingerprint density at radius 3 is 2.25 bits per heavy atom. The topological polar surface area (TPSA) is 80.5 Å². The van der Waals surface area contributed by atoms with E-state index in [0.717, 1.165) is 4.90 Å². The summed E-state index contributed by atoms with van der Waals surface area (Å²) < 4.78 is 0. The molecule has 2 amide bonds. The van der Waals surface area contributed by atoms with Crippen LogP contribution in [0.15, 0.2) is 12.2 Å². The molecule has 1 atom stereocenters. The minimum atomic E-state index is -0.874. The molecule has 2 N–H and O–H groups in total. The Morgan fingerprint density at radius 2 is 1.94 bits per heavy atom. The van der Waals surface area contributed by atoms with Crippen LogP contribution in [0, 0.1) is 5.92 Å². The summed E-state index contributed by atoms with van der Waals surface area (Å²) in [6, 6.07) is -0.874. The van der Waals surface area contributed by atoms with Crippen molar-refractivity contribution in [3.63, 3.8) is 0 Å². The van der Waals surface area contributed by atoms with Gasteiger partial charge in [-0.05, 0) is 13.0 Å². The number of ketones is 1. The van der Waals surface area contributed by atoms with E-state index in [0.29, 0.717) is 6.41 Å². The van der Waals surface area contributed by atoms with Crippen LogP contribution in [-0.4, -0.2) is 35.6 Å². The van der Waals surface area contributed by atoms with Crippen molar-refractivity contribution in [2.75, 3.05) is 6.54 Å². The van der Waals surface area contributed by atoms with E-state index in [4.69, 9.17) is 5.73 Å². The van der Waals surface area contributed by atoms with Crippen LogP contribution in [0.3, 0.4) is 0 Å². The van der Waals surface area contributed by atoms with Crippen molar-refractivity contribution in [1.82, 2.24) is 4.90 Å². The van der Waals surface area contributed by atoms with Gasteiger partial charge >= 0.3 is 0 Å². The average Bonchev–Trinajstić information content (AvgIpc) is 2.24. The molecule has 0 fully saturated rings. The summed E-state index contributed by atoms with van der Waals surface area (Å²) in [6.07, 6.45) is 3.08. The molecule has 0 heterocycles. The van der Waals surface area contributed by atoms with Gasteiger partial charge in [0.15, 0.2) is 5.78 Å². The molecule has 0 bridgehead atoms. The van der Waals surface area contributed by atoms with Crippen LogP contribution in [0.2, 0.25) is 0 Å². The second kappa shape index (κ2) is 6.90. The van der Waals surface area contributed by atoms with Crippen molar-refractivity contribution >= 4 is 18.1 Å². The predicted molar refractivity (Wildman–Crippen MR) is 60.4 cm³/mol. The highest BCUT2D eigenvalue weighted by Gasteiger charge is 2.28. The number of Topliss-reactive ketones (excluding diaryl/α,β-unsaturated/α-hetero) is 1. The molecule has 5 heteroatoms. The van der Waals surface area contributed by atoms with Crippen LogP contribution >= 0.6 is 0 Å². The highest BCUT2D eigenvalue weighted by atomic mass is 16.2. The van der Waals surface area contributed by atoms with Gasteiger partial charge in [-0.15, -0.1) is 0 Å². The van der Waals surface area contributed by atoms with Gasteiger partial charge in [0.2, 0.25) is 6.41 Å². The number of hydrogen-bond acceptors (Lipinski definition) is 4.